The average molecular weight is 373 g/mol. The molecule has 1 aromatic rings. The fourth-order valence-corrected chi connectivity index (χ4v) is 3.36. The number of hydrogen-bond acceptors (Lipinski definition) is 4. The summed E-state index contributed by atoms with van der Waals surface area (Å²) in [6.07, 6.45) is 5.24. The van der Waals surface area contributed by atoms with Gasteiger partial charge in [0.15, 0.2) is 11.9 Å². The lowest BCUT2D eigenvalue weighted by Gasteiger charge is -2.22. The fraction of sp³-hybridized carbons (Fsp3) is 0.591. The summed E-state index contributed by atoms with van der Waals surface area (Å²) in [7, 11) is 0. The molecule has 0 spiro atoms. The Bertz CT molecular complexity index is 677. The van der Waals surface area contributed by atoms with E-state index in [4.69, 9.17) is 4.74 Å². The molecule has 27 heavy (non-hydrogen) atoms. The van der Waals surface area contributed by atoms with Crippen molar-refractivity contribution in [3.63, 3.8) is 0 Å². The van der Waals surface area contributed by atoms with Crippen LogP contribution < -0.4 is 5.32 Å². The van der Waals surface area contributed by atoms with E-state index in [0.29, 0.717) is 18.0 Å². The van der Waals surface area contributed by atoms with Crippen molar-refractivity contribution in [1.82, 2.24) is 5.32 Å². The molecule has 0 heterocycles. The van der Waals surface area contributed by atoms with Crippen LogP contribution in [0.25, 0.3) is 0 Å². The first kappa shape index (κ1) is 21.1. The van der Waals surface area contributed by atoms with Crippen molar-refractivity contribution in [2.75, 3.05) is 6.54 Å². The highest BCUT2D eigenvalue weighted by Crippen LogP contribution is 2.22. The number of ether oxygens (including phenoxy) is 1. The minimum Gasteiger partial charge on any atom is -0.453 e. The monoisotopic (exact) mass is 373 g/mol. The first-order chi connectivity index (χ1) is 12.9. The van der Waals surface area contributed by atoms with E-state index in [2.05, 4.69) is 5.32 Å². The van der Waals surface area contributed by atoms with Crippen molar-refractivity contribution in [3.05, 3.63) is 34.9 Å². The van der Waals surface area contributed by atoms with E-state index in [1.54, 1.807) is 13.0 Å². The van der Waals surface area contributed by atoms with Crippen LogP contribution >= 0.6 is 0 Å². The van der Waals surface area contributed by atoms with Crippen molar-refractivity contribution < 1.29 is 19.1 Å². The summed E-state index contributed by atoms with van der Waals surface area (Å²) in [5.74, 6) is -0.354. The molecule has 148 valence electrons. The van der Waals surface area contributed by atoms with Gasteiger partial charge in [-0.25, -0.2) is 0 Å². The van der Waals surface area contributed by atoms with E-state index in [1.807, 2.05) is 26.0 Å². The summed E-state index contributed by atoms with van der Waals surface area (Å²) in [6, 6.07) is 5.52. The SMILES string of the molecule is Cc1ccc(C(=O)CCC(=O)OC(C)C(=O)NCC2CCCCC2)cc1C. The molecule has 1 aliphatic carbocycles. The second kappa shape index (κ2) is 10.2. The number of carbonyl (C=O) groups excluding carboxylic acids is 3. The van der Waals surface area contributed by atoms with Gasteiger partial charge in [-0.1, -0.05) is 31.4 Å². The molecule has 1 amide bonds. The number of nitrogens with one attached hydrogen (secondary N) is 1. The molecule has 0 aromatic heterocycles. The van der Waals surface area contributed by atoms with Gasteiger partial charge in [-0.15, -0.1) is 0 Å². The third kappa shape index (κ3) is 6.81. The van der Waals surface area contributed by atoms with Gasteiger partial charge in [0.25, 0.3) is 5.91 Å². The molecule has 0 radical (unpaired) electrons. The van der Waals surface area contributed by atoms with E-state index < -0.39 is 12.1 Å². The summed E-state index contributed by atoms with van der Waals surface area (Å²) in [6.45, 7) is 6.15. The number of Topliss-reactive ketones (excluding diaryl/α,β-unsaturated/α-hetero) is 1. The maximum absolute atomic E-state index is 12.2. The third-order valence-electron chi connectivity index (χ3n) is 5.35. The maximum Gasteiger partial charge on any atom is 0.307 e. The van der Waals surface area contributed by atoms with Crippen LogP contribution in [0.1, 0.15) is 73.4 Å². The van der Waals surface area contributed by atoms with Gasteiger partial charge in [0.2, 0.25) is 0 Å². The minimum absolute atomic E-state index is 0.0218. The van der Waals surface area contributed by atoms with E-state index in [0.717, 1.165) is 24.0 Å². The van der Waals surface area contributed by atoms with E-state index in [9.17, 15) is 14.4 Å². The molecule has 5 heteroatoms. The standard InChI is InChI=1S/C22H31NO4/c1-15-9-10-19(13-16(15)2)20(24)11-12-21(25)27-17(3)22(26)23-14-18-7-5-4-6-8-18/h9-10,13,17-18H,4-8,11-12,14H2,1-3H3,(H,23,26). The Kier molecular flexibility index (Phi) is 8.01. The number of carbonyl (C=O) groups is 3. The Balaban J connectivity index is 1.71. The normalized spacial score (nSPS) is 15.8. The minimum atomic E-state index is -0.835. The lowest BCUT2D eigenvalue weighted by molar-refractivity contribution is -0.154. The topological polar surface area (TPSA) is 72.5 Å². The molecule has 2 rings (SSSR count). The number of amides is 1. The Morgan fingerprint density at radius 1 is 1.07 bits per heavy atom. The number of aryl methyl sites for hydroxylation is 2. The zero-order chi connectivity index (χ0) is 19.8. The third-order valence-corrected chi connectivity index (χ3v) is 5.35. The summed E-state index contributed by atoms with van der Waals surface area (Å²) >= 11 is 0. The summed E-state index contributed by atoms with van der Waals surface area (Å²) in [5.41, 5.74) is 2.77. The van der Waals surface area contributed by atoms with Crippen LogP contribution in [0.15, 0.2) is 18.2 Å². The molecule has 1 saturated carbocycles. The molecule has 0 aliphatic heterocycles. The van der Waals surface area contributed by atoms with Gasteiger partial charge in [-0.05, 0) is 56.7 Å². The van der Waals surface area contributed by atoms with E-state index in [-0.39, 0.29) is 24.5 Å². The van der Waals surface area contributed by atoms with Crippen LogP contribution in [0.3, 0.4) is 0 Å². The van der Waals surface area contributed by atoms with Gasteiger partial charge >= 0.3 is 5.97 Å². The predicted octanol–water partition coefficient (Wildman–Crippen LogP) is 3.89. The van der Waals surface area contributed by atoms with Crippen LogP contribution in [-0.2, 0) is 14.3 Å². The van der Waals surface area contributed by atoms with Crippen LogP contribution in [-0.4, -0.2) is 30.3 Å². The van der Waals surface area contributed by atoms with Gasteiger partial charge in [0.1, 0.15) is 0 Å². The molecule has 1 fully saturated rings. The van der Waals surface area contributed by atoms with Crippen molar-refractivity contribution in [3.8, 4) is 0 Å². The Labute approximate surface area is 161 Å². The lowest BCUT2D eigenvalue weighted by atomic mass is 9.89. The number of ketones is 1. The number of esters is 1. The quantitative estimate of drug-likeness (QED) is 0.554. The highest BCUT2D eigenvalue weighted by Gasteiger charge is 2.20. The van der Waals surface area contributed by atoms with Gasteiger partial charge in [0, 0.05) is 18.5 Å². The lowest BCUT2D eigenvalue weighted by Crippen LogP contribution is -2.38. The summed E-state index contributed by atoms with van der Waals surface area (Å²) in [4.78, 5) is 36.3. The molecule has 0 saturated heterocycles. The molecular formula is C22H31NO4. The second-order valence-electron chi connectivity index (χ2n) is 7.60. The van der Waals surface area contributed by atoms with E-state index in [1.165, 1.54) is 19.3 Å². The molecule has 1 atom stereocenters. The molecule has 0 bridgehead atoms. The zero-order valence-corrected chi connectivity index (χ0v) is 16.7. The Hall–Kier alpha value is -2.17. The summed E-state index contributed by atoms with van der Waals surface area (Å²) < 4.78 is 5.18. The van der Waals surface area contributed by atoms with Gasteiger partial charge in [-0.3, -0.25) is 14.4 Å². The highest BCUT2D eigenvalue weighted by atomic mass is 16.5. The van der Waals surface area contributed by atoms with Crippen molar-refractivity contribution in [2.24, 2.45) is 5.92 Å². The first-order valence-electron chi connectivity index (χ1n) is 9.94. The molecule has 1 N–H and O–H groups in total. The molecule has 1 unspecified atom stereocenters. The van der Waals surface area contributed by atoms with Crippen LogP contribution in [0.2, 0.25) is 0 Å². The fourth-order valence-electron chi connectivity index (χ4n) is 3.36. The average Bonchev–Trinajstić information content (AvgIpc) is 2.67. The summed E-state index contributed by atoms with van der Waals surface area (Å²) in [5, 5.41) is 2.88. The van der Waals surface area contributed by atoms with Crippen molar-refractivity contribution >= 4 is 17.7 Å². The smallest absolute Gasteiger partial charge is 0.307 e. The van der Waals surface area contributed by atoms with Gasteiger partial charge in [-0.2, -0.15) is 0 Å². The Morgan fingerprint density at radius 3 is 2.44 bits per heavy atom. The number of rotatable bonds is 8. The molecule has 5 nitrogen and oxygen atoms in total. The largest absolute Gasteiger partial charge is 0.453 e. The zero-order valence-electron chi connectivity index (χ0n) is 16.7. The van der Waals surface area contributed by atoms with Crippen LogP contribution in [0.4, 0.5) is 0 Å². The molecular weight excluding hydrogens is 342 g/mol. The number of hydrogen-bond donors (Lipinski definition) is 1. The molecule has 1 aliphatic rings. The van der Waals surface area contributed by atoms with Crippen LogP contribution in [0, 0.1) is 19.8 Å². The first-order valence-corrected chi connectivity index (χ1v) is 9.94. The highest BCUT2D eigenvalue weighted by molar-refractivity contribution is 5.97. The maximum atomic E-state index is 12.2. The number of benzene rings is 1. The van der Waals surface area contributed by atoms with E-state index >= 15 is 0 Å². The van der Waals surface area contributed by atoms with Crippen molar-refractivity contribution in [2.45, 2.75) is 71.8 Å². The molecule has 1 aromatic carbocycles. The van der Waals surface area contributed by atoms with Crippen molar-refractivity contribution in [1.29, 1.82) is 0 Å². The second-order valence-corrected chi connectivity index (χ2v) is 7.60. The predicted molar refractivity (Wildman–Crippen MR) is 105 cm³/mol. The Morgan fingerprint density at radius 2 is 1.78 bits per heavy atom. The van der Waals surface area contributed by atoms with Crippen LogP contribution in [0.5, 0.6) is 0 Å². The van der Waals surface area contributed by atoms with Gasteiger partial charge in [0.05, 0.1) is 6.42 Å². The van der Waals surface area contributed by atoms with Gasteiger partial charge < -0.3 is 10.1 Å².